The Balaban J connectivity index is 2.26. The molecule has 0 aromatic heterocycles. The van der Waals surface area contributed by atoms with Crippen molar-refractivity contribution >= 4 is 21.9 Å². The van der Waals surface area contributed by atoms with Gasteiger partial charge in [-0.3, -0.25) is 4.79 Å². The molecule has 0 spiro atoms. The highest BCUT2D eigenvalue weighted by Gasteiger charge is 2.06. The van der Waals surface area contributed by atoms with Gasteiger partial charge < -0.3 is 10.5 Å². The van der Waals surface area contributed by atoms with Gasteiger partial charge in [0.25, 0.3) is 0 Å². The van der Waals surface area contributed by atoms with Crippen molar-refractivity contribution in [1.82, 2.24) is 0 Å². The van der Waals surface area contributed by atoms with E-state index in [0.29, 0.717) is 25.5 Å². The molecule has 0 radical (unpaired) electrons. The summed E-state index contributed by atoms with van der Waals surface area (Å²) in [5, 5.41) is 0. The van der Waals surface area contributed by atoms with Crippen molar-refractivity contribution in [3.05, 3.63) is 34.3 Å². The predicted molar refractivity (Wildman–Crippen MR) is 71.4 cm³/mol. The Hall–Kier alpha value is -0.870. The Bertz CT molecular complexity index is 351. The SMILES string of the molecule is CC(CN)CCC(=O)OCc1ccc(Br)cc1. The molecule has 0 aliphatic carbocycles. The monoisotopic (exact) mass is 299 g/mol. The minimum Gasteiger partial charge on any atom is -0.461 e. The van der Waals surface area contributed by atoms with E-state index in [-0.39, 0.29) is 5.97 Å². The van der Waals surface area contributed by atoms with E-state index >= 15 is 0 Å². The molecular weight excluding hydrogens is 282 g/mol. The lowest BCUT2D eigenvalue weighted by molar-refractivity contribution is -0.145. The number of nitrogens with two attached hydrogens (primary N) is 1. The number of halogens is 1. The molecule has 1 aromatic rings. The maximum absolute atomic E-state index is 11.4. The number of rotatable bonds is 6. The molecule has 0 heterocycles. The Morgan fingerprint density at radius 2 is 2.06 bits per heavy atom. The largest absolute Gasteiger partial charge is 0.461 e. The van der Waals surface area contributed by atoms with Gasteiger partial charge in [-0.2, -0.15) is 0 Å². The second kappa shape index (κ2) is 7.45. The minimum atomic E-state index is -0.159. The van der Waals surface area contributed by atoms with Crippen LogP contribution in [0.3, 0.4) is 0 Å². The molecule has 0 bridgehead atoms. The van der Waals surface area contributed by atoms with Gasteiger partial charge in [-0.1, -0.05) is 35.0 Å². The number of ether oxygens (including phenoxy) is 1. The summed E-state index contributed by atoms with van der Waals surface area (Å²) in [6.07, 6.45) is 1.23. The van der Waals surface area contributed by atoms with Gasteiger partial charge in [-0.05, 0) is 36.6 Å². The molecule has 17 heavy (non-hydrogen) atoms. The topological polar surface area (TPSA) is 52.3 Å². The van der Waals surface area contributed by atoms with E-state index in [4.69, 9.17) is 10.5 Å². The highest BCUT2D eigenvalue weighted by molar-refractivity contribution is 9.10. The average Bonchev–Trinajstić information content (AvgIpc) is 2.35. The average molecular weight is 300 g/mol. The third kappa shape index (κ3) is 5.84. The predicted octanol–water partition coefficient (Wildman–Crippen LogP) is 2.87. The van der Waals surface area contributed by atoms with E-state index in [2.05, 4.69) is 15.9 Å². The molecule has 3 nitrogen and oxygen atoms in total. The van der Waals surface area contributed by atoms with E-state index in [0.717, 1.165) is 16.5 Å². The van der Waals surface area contributed by atoms with Crippen LogP contribution < -0.4 is 5.73 Å². The van der Waals surface area contributed by atoms with Crippen LogP contribution in [0, 0.1) is 5.92 Å². The van der Waals surface area contributed by atoms with Gasteiger partial charge in [-0.15, -0.1) is 0 Å². The molecule has 1 atom stereocenters. The van der Waals surface area contributed by atoms with Crippen LogP contribution >= 0.6 is 15.9 Å². The maximum Gasteiger partial charge on any atom is 0.306 e. The Kier molecular flexibility index (Phi) is 6.22. The van der Waals surface area contributed by atoms with E-state index in [1.165, 1.54) is 0 Å². The highest BCUT2D eigenvalue weighted by atomic mass is 79.9. The van der Waals surface area contributed by atoms with Crippen LogP contribution in [0.4, 0.5) is 0 Å². The lowest BCUT2D eigenvalue weighted by atomic mass is 10.1. The molecule has 0 fully saturated rings. The molecule has 0 saturated heterocycles. The second-order valence-electron chi connectivity index (χ2n) is 4.17. The maximum atomic E-state index is 11.4. The molecule has 1 aromatic carbocycles. The van der Waals surface area contributed by atoms with Gasteiger partial charge >= 0.3 is 5.97 Å². The Morgan fingerprint density at radius 1 is 1.41 bits per heavy atom. The Labute approximate surface area is 110 Å². The standard InChI is InChI=1S/C13H18BrNO2/c1-10(8-15)2-7-13(16)17-9-11-3-5-12(14)6-4-11/h3-6,10H,2,7-9,15H2,1H3. The number of esters is 1. The van der Waals surface area contributed by atoms with Crippen molar-refractivity contribution in [3.8, 4) is 0 Å². The van der Waals surface area contributed by atoms with Gasteiger partial charge in [0.15, 0.2) is 0 Å². The van der Waals surface area contributed by atoms with Crippen LogP contribution in [0.25, 0.3) is 0 Å². The first-order chi connectivity index (χ1) is 8.11. The summed E-state index contributed by atoms with van der Waals surface area (Å²) < 4.78 is 6.19. The summed E-state index contributed by atoms with van der Waals surface area (Å²) in [5.41, 5.74) is 6.47. The third-order valence-corrected chi connectivity index (χ3v) is 3.09. The van der Waals surface area contributed by atoms with Crippen LogP contribution in [0.1, 0.15) is 25.3 Å². The van der Waals surface area contributed by atoms with Gasteiger partial charge in [0, 0.05) is 10.9 Å². The van der Waals surface area contributed by atoms with Gasteiger partial charge in [-0.25, -0.2) is 0 Å². The van der Waals surface area contributed by atoms with Crippen LogP contribution in [0.2, 0.25) is 0 Å². The number of hydrogen-bond donors (Lipinski definition) is 1. The van der Waals surface area contributed by atoms with Gasteiger partial charge in [0.2, 0.25) is 0 Å². The summed E-state index contributed by atoms with van der Waals surface area (Å²) in [5.74, 6) is 0.212. The molecule has 1 unspecified atom stereocenters. The van der Waals surface area contributed by atoms with Gasteiger partial charge in [0.05, 0.1) is 0 Å². The summed E-state index contributed by atoms with van der Waals surface area (Å²) in [6, 6.07) is 7.72. The summed E-state index contributed by atoms with van der Waals surface area (Å²) in [4.78, 5) is 11.4. The summed E-state index contributed by atoms with van der Waals surface area (Å²) >= 11 is 3.35. The smallest absolute Gasteiger partial charge is 0.306 e. The summed E-state index contributed by atoms with van der Waals surface area (Å²) in [6.45, 7) is 2.98. The zero-order valence-corrected chi connectivity index (χ0v) is 11.6. The lowest BCUT2D eigenvalue weighted by Gasteiger charge is -2.08. The zero-order chi connectivity index (χ0) is 12.7. The molecular formula is C13H18BrNO2. The van der Waals surface area contributed by atoms with E-state index in [9.17, 15) is 4.79 Å². The Morgan fingerprint density at radius 3 is 2.65 bits per heavy atom. The molecule has 0 saturated carbocycles. The van der Waals surface area contributed by atoms with Crippen molar-refractivity contribution in [2.75, 3.05) is 6.54 Å². The number of carbonyl (C=O) groups excluding carboxylic acids is 1. The third-order valence-electron chi connectivity index (χ3n) is 2.56. The molecule has 2 N–H and O–H groups in total. The minimum absolute atomic E-state index is 0.159. The van der Waals surface area contributed by atoms with Crippen LogP contribution in [-0.2, 0) is 16.1 Å². The highest BCUT2D eigenvalue weighted by Crippen LogP contribution is 2.12. The van der Waals surface area contributed by atoms with Gasteiger partial charge in [0.1, 0.15) is 6.61 Å². The van der Waals surface area contributed by atoms with Crippen molar-refractivity contribution in [2.45, 2.75) is 26.4 Å². The zero-order valence-electron chi connectivity index (χ0n) is 9.99. The van der Waals surface area contributed by atoms with Crippen LogP contribution in [-0.4, -0.2) is 12.5 Å². The first-order valence-corrected chi connectivity index (χ1v) is 6.51. The number of benzene rings is 1. The molecule has 1 rings (SSSR count). The van der Waals surface area contributed by atoms with E-state index in [1.54, 1.807) is 0 Å². The number of hydrogen-bond acceptors (Lipinski definition) is 3. The molecule has 4 heteroatoms. The van der Waals surface area contributed by atoms with E-state index < -0.39 is 0 Å². The van der Waals surface area contributed by atoms with Crippen molar-refractivity contribution < 1.29 is 9.53 Å². The number of carbonyl (C=O) groups is 1. The second-order valence-corrected chi connectivity index (χ2v) is 5.08. The van der Waals surface area contributed by atoms with E-state index in [1.807, 2.05) is 31.2 Å². The first kappa shape index (κ1) is 14.2. The fourth-order valence-corrected chi connectivity index (χ4v) is 1.56. The first-order valence-electron chi connectivity index (χ1n) is 5.72. The quantitative estimate of drug-likeness (QED) is 0.822. The lowest BCUT2D eigenvalue weighted by Crippen LogP contribution is -2.13. The molecule has 94 valence electrons. The van der Waals surface area contributed by atoms with Crippen molar-refractivity contribution in [2.24, 2.45) is 11.7 Å². The fraction of sp³-hybridized carbons (Fsp3) is 0.462. The molecule has 0 amide bonds. The van der Waals surface area contributed by atoms with Crippen LogP contribution in [0.5, 0.6) is 0 Å². The molecule has 0 aliphatic rings. The summed E-state index contributed by atoms with van der Waals surface area (Å²) in [7, 11) is 0. The van der Waals surface area contributed by atoms with Crippen LogP contribution in [0.15, 0.2) is 28.7 Å². The molecule has 0 aliphatic heterocycles. The van der Waals surface area contributed by atoms with Crippen molar-refractivity contribution in [1.29, 1.82) is 0 Å². The van der Waals surface area contributed by atoms with Crippen molar-refractivity contribution in [3.63, 3.8) is 0 Å². The normalized spacial score (nSPS) is 12.2. The fourth-order valence-electron chi connectivity index (χ4n) is 1.30.